The summed E-state index contributed by atoms with van der Waals surface area (Å²) in [5, 5.41) is 33.2. The molecular formula is C57H87NO16. The third-order valence-corrected chi connectivity index (χ3v) is 16.6. The van der Waals surface area contributed by atoms with Gasteiger partial charge in [-0.1, -0.05) is 64.2 Å². The van der Waals surface area contributed by atoms with E-state index in [1.54, 1.807) is 34.0 Å². The molecule has 0 spiro atoms. The van der Waals surface area contributed by atoms with Crippen LogP contribution in [0.2, 0.25) is 0 Å². The molecular weight excluding hydrogens is 955 g/mol. The lowest BCUT2D eigenvalue weighted by Crippen LogP contribution is -2.65. The van der Waals surface area contributed by atoms with Crippen molar-refractivity contribution < 1.29 is 77.2 Å². The fourth-order valence-corrected chi connectivity index (χ4v) is 12.2. The fraction of sp³-hybridized carbons (Fsp3) is 0.772. The van der Waals surface area contributed by atoms with Gasteiger partial charge in [-0.25, -0.2) is 4.79 Å². The van der Waals surface area contributed by atoms with E-state index < -0.39 is 89.6 Å². The van der Waals surface area contributed by atoms with Gasteiger partial charge in [-0.05, 0) is 107 Å². The van der Waals surface area contributed by atoms with Crippen molar-refractivity contribution in [1.29, 1.82) is 0 Å². The molecule has 1 amide bonds. The number of carbonyl (C=O) groups is 5. The van der Waals surface area contributed by atoms with Crippen LogP contribution in [0.1, 0.15) is 119 Å². The van der Waals surface area contributed by atoms with Gasteiger partial charge >= 0.3 is 5.97 Å². The number of hydrogen-bond donors (Lipinski definition) is 3. The fourth-order valence-electron chi connectivity index (χ4n) is 12.2. The van der Waals surface area contributed by atoms with Crippen molar-refractivity contribution in [2.75, 3.05) is 60.4 Å². The van der Waals surface area contributed by atoms with Crippen LogP contribution < -0.4 is 0 Å². The number of carbonyl (C=O) groups excluding carboxylic acids is 5. The quantitative estimate of drug-likeness (QED) is 0.0993. The molecule has 5 fully saturated rings. The molecule has 17 heteroatoms. The number of allylic oxidation sites excluding steroid dienone is 6. The van der Waals surface area contributed by atoms with Gasteiger partial charge in [0.2, 0.25) is 5.79 Å². The SMILES string of the molecule is CO[C@@H]1C[C@H](CC2[C@H]3CCCN4C(=O)C(=O)[C@]5(O)O[C@@H](CC[C@H]5C)C[C@H](OCC5COCCO5)/C(C)=C/C=C/C=C/[C@@H](C)C[C@@H](C)C(=O)[C@H](OC)[C@H](O)/C(C)=C/[C@@H](C)C(=O)C[C@@H]2OC(=O)C34)CC[C@H]1OCCCO. The van der Waals surface area contributed by atoms with Crippen LogP contribution in [0.3, 0.4) is 0 Å². The van der Waals surface area contributed by atoms with Crippen LogP contribution in [-0.2, 0) is 61.9 Å². The molecule has 6 aliphatic rings. The second-order valence-electron chi connectivity index (χ2n) is 22.1. The minimum Gasteiger partial charge on any atom is -0.460 e. The smallest absolute Gasteiger partial charge is 0.329 e. The lowest BCUT2D eigenvalue weighted by atomic mass is 9.68. The molecule has 0 aromatic carbocycles. The summed E-state index contributed by atoms with van der Waals surface area (Å²) >= 11 is 0. The highest BCUT2D eigenvalue weighted by Crippen LogP contribution is 2.46. The van der Waals surface area contributed by atoms with Gasteiger partial charge in [0.05, 0.1) is 50.8 Å². The molecule has 4 saturated heterocycles. The van der Waals surface area contributed by atoms with E-state index in [2.05, 4.69) is 0 Å². The van der Waals surface area contributed by atoms with Gasteiger partial charge in [-0.15, -0.1) is 0 Å². The molecule has 1 saturated carbocycles. The third-order valence-electron chi connectivity index (χ3n) is 16.6. The van der Waals surface area contributed by atoms with Crippen LogP contribution in [0.25, 0.3) is 0 Å². The normalized spacial score (nSPS) is 41.2. The maximum Gasteiger partial charge on any atom is 0.329 e. The highest BCUT2D eigenvalue weighted by Gasteiger charge is 2.57. The molecule has 1 aliphatic carbocycles. The molecule has 416 valence electrons. The Hall–Kier alpha value is -3.49. The number of Topliss-reactive ketones (excluding diaryl/α,β-unsaturated/α-hetero) is 3. The maximum atomic E-state index is 14.7. The van der Waals surface area contributed by atoms with E-state index in [4.69, 9.17) is 37.9 Å². The molecule has 17 atom stereocenters. The van der Waals surface area contributed by atoms with E-state index >= 15 is 0 Å². The predicted octanol–water partition coefficient (Wildman–Crippen LogP) is 5.59. The third kappa shape index (κ3) is 15.2. The number of aliphatic hydroxyl groups is 3. The number of ether oxygens (including phenoxy) is 8. The number of rotatable bonds is 11. The van der Waals surface area contributed by atoms with Crippen molar-refractivity contribution in [3.05, 3.63) is 47.6 Å². The second kappa shape index (κ2) is 28.2. The first kappa shape index (κ1) is 59.7. The van der Waals surface area contributed by atoms with Crippen molar-refractivity contribution in [2.24, 2.45) is 41.4 Å². The van der Waals surface area contributed by atoms with Gasteiger partial charge in [-0.3, -0.25) is 19.2 Å². The molecule has 0 aromatic rings. The average molecular weight is 1040 g/mol. The largest absolute Gasteiger partial charge is 0.460 e. The van der Waals surface area contributed by atoms with E-state index in [0.29, 0.717) is 89.8 Å². The number of esters is 1. The zero-order valence-corrected chi connectivity index (χ0v) is 45.2. The Morgan fingerprint density at radius 1 is 0.865 bits per heavy atom. The van der Waals surface area contributed by atoms with E-state index in [1.807, 2.05) is 51.2 Å². The summed E-state index contributed by atoms with van der Waals surface area (Å²) in [5.41, 5.74) is 1.24. The number of methoxy groups -OCH3 is 2. The molecule has 4 bridgehead atoms. The predicted molar refractivity (Wildman–Crippen MR) is 273 cm³/mol. The maximum absolute atomic E-state index is 14.7. The number of piperidine rings is 1. The molecule has 74 heavy (non-hydrogen) atoms. The van der Waals surface area contributed by atoms with Crippen molar-refractivity contribution >= 4 is 29.2 Å². The number of aliphatic hydroxyl groups excluding tert-OH is 2. The zero-order valence-electron chi connectivity index (χ0n) is 45.2. The summed E-state index contributed by atoms with van der Waals surface area (Å²) in [5.74, 6) is -8.64. The van der Waals surface area contributed by atoms with Crippen molar-refractivity contribution in [3.63, 3.8) is 0 Å². The second-order valence-corrected chi connectivity index (χ2v) is 22.1. The summed E-state index contributed by atoms with van der Waals surface area (Å²) in [6.45, 7) is 12.9. The van der Waals surface area contributed by atoms with Crippen LogP contribution in [0.5, 0.6) is 0 Å². The summed E-state index contributed by atoms with van der Waals surface area (Å²) in [6, 6.07) is -1.15. The Morgan fingerprint density at radius 2 is 1.65 bits per heavy atom. The topological polar surface area (TPSA) is 223 Å². The van der Waals surface area contributed by atoms with Gasteiger partial charge in [0.15, 0.2) is 5.78 Å². The monoisotopic (exact) mass is 1040 g/mol. The van der Waals surface area contributed by atoms with Gasteiger partial charge in [0, 0.05) is 70.5 Å². The van der Waals surface area contributed by atoms with Crippen LogP contribution >= 0.6 is 0 Å². The van der Waals surface area contributed by atoms with Crippen LogP contribution in [0.4, 0.5) is 0 Å². The van der Waals surface area contributed by atoms with E-state index in [-0.39, 0.29) is 74.3 Å². The Balaban J connectivity index is 1.33. The Labute approximate surface area is 438 Å². The number of amides is 1. The average Bonchev–Trinajstić information content (AvgIpc) is 3.39. The van der Waals surface area contributed by atoms with E-state index in [9.17, 15) is 39.3 Å². The van der Waals surface area contributed by atoms with Crippen LogP contribution in [-0.4, -0.2) is 171 Å². The van der Waals surface area contributed by atoms with Gasteiger partial charge in [-0.2, -0.15) is 0 Å². The molecule has 5 aliphatic heterocycles. The molecule has 5 heterocycles. The minimum absolute atomic E-state index is 0.00577. The van der Waals surface area contributed by atoms with Crippen molar-refractivity contribution in [2.45, 2.75) is 179 Å². The Bertz CT molecular complexity index is 2010. The highest BCUT2D eigenvalue weighted by atomic mass is 16.6. The van der Waals surface area contributed by atoms with Gasteiger partial charge in [0.25, 0.3) is 11.7 Å². The minimum atomic E-state index is -2.49. The summed E-state index contributed by atoms with van der Waals surface area (Å²) in [7, 11) is 3.03. The molecule has 6 rings (SSSR count). The van der Waals surface area contributed by atoms with Crippen molar-refractivity contribution in [1.82, 2.24) is 4.90 Å². The first-order valence-electron chi connectivity index (χ1n) is 27.4. The molecule has 0 aromatic heterocycles. The Morgan fingerprint density at radius 3 is 2.36 bits per heavy atom. The molecule has 0 radical (unpaired) electrons. The van der Waals surface area contributed by atoms with E-state index in [0.717, 1.165) is 12.0 Å². The lowest BCUT2D eigenvalue weighted by molar-refractivity contribution is -0.266. The summed E-state index contributed by atoms with van der Waals surface area (Å²) in [6.07, 6.45) is 11.6. The van der Waals surface area contributed by atoms with Crippen LogP contribution in [0, 0.1) is 41.4 Å². The molecule has 17 nitrogen and oxygen atoms in total. The standard InChI is InChI=1S/C57H87NO16/c1-34-14-10-9-11-15-35(2)47(72-33-42-32-69-24-25-70-42)30-41-19-17-39(6)57(66,74-41)54(63)55(64)58-21-12-16-43-44(28-40-18-20-46(49(29-40)67-7)71-23-13-22-59)48(73-56(65)50(43)58)31-45(60)36(3)27-38(5)52(62)53(68-8)51(61)37(4)26-34/h9-11,14-15,27,34,36-37,39-44,46-50,52-53,59,62,66H,12-13,16-26,28-33H2,1-8H3/b11-9+,14-10+,35-15+,38-27+/t34-,36-,37-,39-,40+,41+,42?,43-,44?,46-,47+,48+,49-,50?,52-,53+,57-/m1/s1. The lowest BCUT2D eigenvalue weighted by Gasteiger charge is -2.50. The Kier molecular flexibility index (Phi) is 22.8. The number of hydrogen-bond acceptors (Lipinski definition) is 16. The zero-order chi connectivity index (χ0) is 53.7. The van der Waals surface area contributed by atoms with E-state index in [1.165, 1.54) is 12.0 Å². The van der Waals surface area contributed by atoms with Gasteiger partial charge < -0.3 is 58.1 Å². The van der Waals surface area contributed by atoms with Gasteiger partial charge in [0.1, 0.15) is 36.2 Å². The first-order valence-corrected chi connectivity index (χ1v) is 27.4. The highest BCUT2D eigenvalue weighted by molar-refractivity contribution is 6.39. The van der Waals surface area contributed by atoms with Crippen molar-refractivity contribution in [3.8, 4) is 0 Å². The number of ketones is 3. The summed E-state index contributed by atoms with van der Waals surface area (Å²) < 4.78 is 48.3. The summed E-state index contributed by atoms with van der Waals surface area (Å²) in [4.78, 5) is 73.3. The van der Waals surface area contributed by atoms with Crippen LogP contribution in [0.15, 0.2) is 47.6 Å². The molecule has 3 N–H and O–H groups in total. The first-order chi connectivity index (χ1) is 35.4. The molecule has 3 unspecified atom stereocenters. The number of nitrogens with zero attached hydrogens (tertiary/aromatic N) is 1. The number of fused-ring (bicyclic) bond motifs is 4.